The Kier molecular flexibility index (Phi) is 4.05. The van der Waals surface area contributed by atoms with E-state index in [-0.39, 0.29) is 0 Å². The third-order valence-corrected chi connectivity index (χ3v) is 5.70. The molecule has 2 aliphatic rings. The number of thiophene rings is 1. The normalized spacial score (nSPS) is 24.9. The molecule has 2 aliphatic carbocycles. The minimum Gasteiger partial charge on any atom is -0.306 e. The molecule has 1 heterocycles. The predicted molar refractivity (Wildman–Crippen MR) is 79.0 cm³/mol. The van der Waals surface area contributed by atoms with Gasteiger partial charge in [0.05, 0.1) is 0 Å². The lowest BCUT2D eigenvalue weighted by atomic mass is 9.84. The first-order valence-electron chi connectivity index (χ1n) is 7.64. The molecule has 2 fully saturated rings. The molecule has 0 radical (unpaired) electrons. The Morgan fingerprint density at radius 2 is 1.89 bits per heavy atom. The molecule has 2 saturated carbocycles. The van der Waals surface area contributed by atoms with E-state index in [9.17, 15) is 0 Å². The number of hydrogen-bond acceptors (Lipinski definition) is 2. The van der Waals surface area contributed by atoms with Crippen LogP contribution in [0.2, 0.25) is 0 Å². The van der Waals surface area contributed by atoms with Gasteiger partial charge >= 0.3 is 0 Å². The molecule has 18 heavy (non-hydrogen) atoms. The van der Waals surface area contributed by atoms with Crippen LogP contribution in [0.1, 0.15) is 62.8 Å². The van der Waals surface area contributed by atoms with E-state index < -0.39 is 0 Å². The molecule has 2 atom stereocenters. The molecule has 1 unspecified atom stereocenters. The molecule has 0 spiro atoms. The summed E-state index contributed by atoms with van der Waals surface area (Å²) in [4.78, 5) is 1.56. The van der Waals surface area contributed by atoms with Crippen molar-refractivity contribution >= 4 is 11.3 Å². The Bertz CT molecular complexity index is 349. The van der Waals surface area contributed by atoms with Gasteiger partial charge in [-0.15, -0.1) is 11.3 Å². The molecule has 0 aliphatic heterocycles. The van der Waals surface area contributed by atoms with Gasteiger partial charge in [-0.3, -0.25) is 0 Å². The molecular weight excluding hydrogens is 238 g/mol. The first kappa shape index (κ1) is 12.7. The maximum atomic E-state index is 3.96. The van der Waals surface area contributed by atoms with Crippen molar-refractivity contribution in [2.75, 3.05) is 0 Å². The molecule has 1 nitrogen and oxygen atoms in total. The smallest absolute Gasteiger partial charge is 0.0445 e. The molecule has 0 amide bonds. The van der Waals surface area contributed by atoms with E-state index in [1.165, 1.54) is 44.9 Å². The van der Waals surface area contributed by atoms with E-state index in [2.05, 4.69) is 29.8 Å². The van der Waals surface area contributed by atoms with Gasteiger partial charge in [0, 0.05) is 17.0 Å². The van der Waals surface area contributed by atoms with E-state index in [0.29, 0.717) is 12.1 Å². The third kappa shape index (κ3) is 2.97. The van der Waals surface area contributed by atoms with Crippen LogP contribution in [-0.2, 0) is 0 Å². The van der Waals surface area contributed by atoms with Gasteiger partial charge in [0.1, 0.15) is 0 Å². The van der Waals surface area contributed by atoms with Crippen molar-refractivity contribution in [3.63, 3.8) is 0 Å². The SMILES string of the molecule is C[C@@H](NC(c1cccs1)C1CC1)C1CCCCC1. The second-order valence-electron chi connectivity index (χ2n) is 6.18. The summed E-state index contributed by atoms with van der Waals surface area (Å²) in [5, 5.41) is 6.18. The third-order valence-electron chi connectivity index (χ3n) is 4.74. The maximum absolute atomic E-state index is 3.96. The fourth-order valence-electron chi connectivity index (χ4n) is 3.40. The molecule has 2 heteroatoms. The highest BCUT2D eigenvalue weighted by Crippen LogP contribution is 2.43. The van der Waals surface area contributed by atoms with Crippen LogP contribution in [0.5, 0.6) is 0 Å². The van der Waals surface area contributed by atoms with Crippen molar-refractivity contribution < 1.29 is 0 Å². The molecule has 0 bridgehead atoms. The van der Waals surface area contributed by atoms with Crippen LogP contribution in [0, 0.1) is 11.8 Å². The Morgan fingerprint density at radius 3 is 2.50 bits per heavy atom. The second-order valence-corrected chi connectivity index (χ2v) is 7.16. The van der Waals surface area contributed by atoms with Gasteiger partial charge in [-0.05, 0) is 55.9 Å². The molecule has 1 N–H and O–H groups in total. The van der Waals surface area contributed by atoms with Crippen molar-refractivity contribution in [1.29, 1.82) is 0 Å². The van der Waals surface area contributed by atoms with E-state index in [4.69, 9.17) is 0 Å². The minimum absolute atomic E-state index is 0.641. The summed E-state index contributed by atoms with van der Waals surface area (Å²) in [6, 6.07) is 5.84. The van der Waals surface area contributed by atoms with Crippen LogP contribution in [0.15, 0.2) is 17.5 Å². The van der Waals surface area contributed by atoms with E-state index in [0.717, 1.165) is 11.8 Å². The van der Waals surface area contributed by atoms with Gasteiger partial charge < -0.3 is 5.32 Å². The van der Waals surface area contributed by atoms with E-state index in [1.807, 2.05) is 11.3 Å². The first-order chi connectivity index (χ1) is 8.84. The van der Waals surface area contributed by atoms with Crippen molar-refractivity contribution in [1.82, 2.24) is 5.32 Å². The first-order valence-corrected chi connectivity index (χ1v) is 8.52. The van der Waals surface area contributed by atoms with Crippen LogP contribution in [0.4, 0.5) is 0 Å². The number of nitrogens with one attached hydrogen (secondary N) is 1. The topological polar surface area (TPSA) is 12.0 Å². The van der Waals surface area contributed by atoms with Crippen LogP contribution >= 0.6 is 11.3 Å². The standard InChI is InChI=1S/C16H25NS/c1-12(13-6-3-2-4-7-13)17-16(14-9-10-14)15-8-5-11-18-15/h5,8,11-14,16-17H,2-4,6-7,9-10H2,1H3/t12-,16?/m1/s1. The largest absolute Gasteiger partial charge is 0.306 e. The minimum atomic E-state index is 0.641. The fraction of sp³-hybridized carbons (Fsp3) is 0.750. The highest BCUT2D eigenvalue weighted by Gasteiger charge is 2.34. The molecule has 0 aromatic carbocycles. The Balaban J connectivity index is 1.61. The van der Waals surface area contributed by atoms with Gasteiger partial charge in [0.25, 0.3) is 0 Å². The van der Waals surface area contributed by atoms with Crippen molar-refractivity contribution in [3.8, 4) is 0 Å². The lowest BCUT2D eigenvalue weighted by Crippen LogP contribution is -2.37. The van der Waals surface area contributed by atoms with Crippen LogP contribution < -0.4 is 5.32 Å². The zero-order valence-electron chi connectivity index (χ0n) is 11.4. The lowest BCUT2D eigenvalue weighted by Gasteiger charge is -2.31. The Morgan fingerprint density at radius 1 is 1.11 bits per heavy atom. The summed E-state index contributed by atoms with van der Waals surface area (Å²) in [5.41, 5.74) is 0. The van der Waals surface area contributed by atoms with Crippen LogP contribution in [0.3, 0.4) is 0 Å². The summed E-state index contributed by atoms with van der Waals surface area (Å²) in [6.07, 6.45) is 10.1. The lowest BCUT2D eigenvalue weighted by molar-refractivity contribution is 0.258. The van der Waals surface area contributed by atoms with Gasteiger partial charge in [-0.25, -0.2) is 0 Å². The predicted octanol–water partition coefficient (Wildman–Crippen LogP) is 4.76. The van der Waals surface area contributed by atoms with E-state index >= 15 is 0 Å². The highest BCUT2D eigenvalue weighted by molar-refractivity contribution is 7.10. The Labute approximate surface area is 115 Å². The monoisotopic (exact) mass is 263 g/mol. The quantitative estimate of drug-likeness (QED) is 0.808. The van der Waals surface area contributed by atoms with Gasteiger partial charge in [0.15, 0.2) is 0 Å². The van der Waals surface area contributed by atoms with Crippen LogP contribution in [-0.4, -0.2) is 6.04 Å². The average molecular weight is 263 g/mol. The van der Waals surface area contributed by atoms with Crippen molar-refractivity contribution in [2.45, 2.75) is 64.0 Å². The molecule has 0 saturated heterocycles. The summed E-state index contributed by atoms with van der Waals surface area (Å²) in [5.74, 6) is 1.83. The summed E-state index contributed by atoms with van der Waals surface area (Å²) >= 11 is 1.93. The highest BCUT2D eigenvalue weighted by atomic mass is 32.1. The molecular formula is C16H25NS. The van der Waals surface area contributed by atoms with Crippen molar-refractivity contribution in [2.24, 2.45) is 11.8 Å². The molecule has 100 valence electrons. The summed E-state index contributed by atoms with van der Waals surface area (Å²) in [7, 11) is 0. The van der Waals surface area contributed by atoms with Gasteiger partial charge in [0.2, 0.25) is 0 Å². The van der Waals surface area contributed by atoms with Gasteiger partial charge in [-0.1, -0.05) is 25.3 Å². The van der Waals surface area contributed by atoms with Gasteiger partial charge in [-0.2, -0.15) is 0 Å². The Hall–Kier alpha value is -0.340. The fourth-order valence-corrected chi connectivity index (χ4v) is 4.28. The molecule has 1 aromatic rings. The van der Waals surface area contributed by atoms with Crippen molar-refractivity contribution in [3.05, 3.63) is 22.4 Å². The zero-order chi connectivity index (χ0) is 12.4. The zero-order valence-corrected chi connectivity index (χ0v) is 12.2. The molecule has 3 rings (SSSR count). The average Bonchev–Trinajstić information content (AvgIpc) is 3.11. The summed E-state index contributed by atoms with van der Waals surface area (Å²) < 4.78 is 0. The maximum Gasteiger partial charge on any atom is 0.0445 e. The number of hydrogen-bond donors (Lipinski definition) is 1. The van der Waals surface area contributed by atoms with E-state index in [1.54, 1.807) is 4.88 Å². The van der Waals surface area contributed by atoms with Crippen LogP contribution in [0.25, 0.3) is 0 Å². The molecule has 1 aromatic heterocycles. The summed E-state index contributed by atoms with van der Waals surface area (Å²) in [6.45, 7) is 2.42. The number of rotatable bonds is 5. The second kappa shape index (κ2) is 5.75.